The molecule has 3 rings (SSSR count). The summed E-state index contributed by atoms with van der Waals surface area (Å²) < 4.78 is 27.0. The number of rotatable bonds is 5. The fourth-order valence-corrected chi connectivity index (χ4v) is 5.45. The number of hydrogen-bond acceptors (Lipinski definition) is 4. The molecule has 1 heterocycles. The number of hydrogen-bond donors (Lipinski definition) is 1. The molecule has 9 heteroatoms. The van der Waals surface area contributed by atoms with Gasteiger partial charge in [-0.15, -0.1) is 0 Å². The fourth-order valence-electron chi connectivity index (χ4n) is 3.64. The van der Waals surface area contributed by atoms with Crippen LogP contribution in [0.3, 0.4) is 0 Å². The minimum absolute atomic E-state index is 0.0303. The number of benzene rings is 1. The molecule has 0 unspecified atom stereocenters. The monoisotopic (exact) mass is 433 g/mol. The molecule has 1 aliphatic carbocycles. The lowest BCUT2D eigenvalue weighted by Crippen LogP contribution is -2.51. The van der Waals surface area contributed by atoms with Crippen molar-refractivity contribution in [3.05, 3.63) is 28.2 Å². The average molecular weight is 434 g/mol. The van der Waals surface area contributed by atoms with Gasteiger partial charge >= 0.3 is 0 Å². The number of amides is 1. The van der Waals surface area contributed by atoms with Crippen molar-refractivity contribution in [2.45, 2.75) is 43.0 Å². The van der Waals surface area contributed by atoms with Gasteiger partial charge in [0.05, 0.1) is 21.5 Å². The number of carbonyl (C=O) groups excluding carboxylic acids is 1. The highest BCUT2D eigenvalue weighted by molar-refractivity contribution is 7.89. The molecule has 1 saturated carbocycles. The first-order valence-electron chi connectivity index (χ1n) is 9.33. The Balaban J connectivity index is 1.51. The number of nitrogens with zero attached hydrogens (tertiary/aromatic N) is 2. The molecule has 1 aromatic rings. The summed E-state index contributed by atoms with van der Waals surface area (Å²) in [6, 6.07) is 4.63. The third-order valence-corrected chi connectivity index (χ3v) is 7.83. The van der Waals surface area contributed by atoms with Crippen LogP contribution in [0.1, 0.15) is 32.1 Å². The van der Waals surface area contributed by atoms with Gasteiger partial charge in [0.1, 0.15) is 0 Å². The lowest BCUT2D eigenvalue weighted by Gasteiger charge is -2.34. The number of nitrogens with one attached hydrogen (secondary N) is 1. The second-order valence-electron chi connectivity index (χ2n) is 7.16. The van der Waals surface area contributed by atoms with Crippen molar-refractivity contribution in [1.29, 1.82) is 0 Å². The van der Waals surface area contributed by atoms with E-state index in [1.54, 1.807) is 0 Å². The van der Waals surface area contributed by atoms with E-state index in [9.17, 15) is 13.2 Å². The third kappa shape index (κ3) is 5.35. The Hall–Kier alpha value is -0.860. The van der Waals surface area contributed by atoms with Crippen molar-refractivity contribution in [3.63, 3.8) is 0 Å². The van der Waals surface area contributed by atoms with Crippen molar-refractivity contribution >= 4 is 39.1 Å². The molecule has 2 fully saturated rings. The molecule has 0 spiro atoms. The first-order chi connectivity index (χ1) is 12.9. The van der Waals surface area contributed by atoms with Crippen LogP contribution in [-0.2, 0) is 14.8 Å². The Morgan fingerprint density at radius 2 is 1.70 bits per heavy atom. The molecule has 0 atom stereocenters. The summed E-state index contributed by atoms with van der Waals surface area (Å²) in [6.45, 7) is 2.06. The summed E-state index contributed by atoms with van der Waals surface area (Å²) in [4.78, 5) is 14.4. The normalized spacial score (nSPS) is 20.5. The molecule has 0 aromatic heterocycles. The molecular weight excluding hydrogens is 409 g/mol. The molecule has 1 saturated heterocycles. The van der Waals surface area contributed by atoms with Crippen molar-refractivity contribution in [2.24, 2.45) is 0 Å². The first-order valence-corrected chi connectivity index (χ1v) is 11.5. The molecule has 1 aromatic carbocycles. The van der Waals surface area contributed by atoms with Crippen LogP contribution in [0.15, 0.2) is 23.1 Å². The number of sulfonamides is 1. The molecule has 0 bridgehead atoms. The van der Waals surface area contributed by atoms with Gasteiger partial charge in [-0.3, -0.25) is 9.69 Å². The Kier molecular flexibility index (Phi) is 7.03. The molecule has 2 aliphatic rings. The van der Waals surface area contributed by atoms with E-state index in [0.717, 1.165) is 12.8 Å². The van der Waals surface area contributed by atoms with Crippen molar-refractivity contribution in [2.75, 3.05) is 32.7 Å². The summed E-state index contributed by atoms with van der Waals surface area (Å²) in [5, 5.41) is 3.65. The van der Waals surface area contributed by atoms with Gasteiger partial charge in [-0.2, -0.15) is 4.31 Å². The maximum absolute atomic E-state index is 12.8. The Morgan fingerprint density at radius 3 is 2.33 bits per heavy atom. The van der Waals surface area contributed by atoms with E-state index >= 15 is 0 Å². The summed E-state index contributed by atoms with van der Waals surface area (Å²) in [5.74, 6) is 0.0303. The molecule has 1 N–H and O–H groups in total. The molecule has 1 aliphatic heterocycles. The predicted octanol–water partition coefficient (Wildman–Crippen LogP) is 2.75. The van der Waals surface area contributed by atoms with Gasteiger partial charge in [-0.1, -0.05) is 42.5 Å². The smallest absolute Gasteiger partial charge is 0.243 e. The second kappa shape index (κ2) is 9.09. The van der Waals surface area contributed by atoms with Crippen molar-refractivity contribution < 1.29 is 13.2 Å². The zero-order valence-corrected chi connectivity index (χ0v) is 17.5. The quantitative estimate of drug-likeness (QED) is 0.774. The highest BCUT2D eigenvalue weighted by Gasteiger charge is 2.29. The molecule has 27 heavy (non-hydrogen) atoms. The minimum atomic E-state index is -3.61. The summed E-state index contributed by atoms with van der Waals surface area (Å²) in [6.07, 6.45) is 5.72. The topological polar surface area (TPSA) is 69.7 Å². The molecule has 0 radical (unpaired) electrons. The van der Waals surface area contributed by atoms with E-state index in [1.807, 2.05) is 4.90 Å². The number of halogens is 2. The standard InChI is InChI=1S/C18H25Cl2N3O3S/c19-16-7-6-15(12-17(16)20)27(25,26)23-10-8-22(9-11-23)13-18(24)21-14-4-2-1-3-5-14/h6-7,12,14H,1-5,8-11,13H2,(H,21,24). The lowest BCUT2D eigenvalue weighted by molar-refractivity contribution is -0.123. The minimum Gasteiger partial charge on any atom is -0.352 e. The largest absolute Gasteiger partial charge is 0.352 e. The maximum atomic E-state index is 12.8. The zero-order chi connectivity index (χ0) is 19.4. The van der Waals surface area contributed by atoms with Crippen LogP contribution in [0.4, 0.5) is 0 Å². The highest BCUT2D eigenvalue weighted by atomic mass is 35.5. The van der Waals surface area contributed by atoms with E-state index < -0.39 is 10.0 Å². The van der Waals surface area contributed by atoms with Gasteiger partial charge in [0.15, 0.2) is 0 Å². The lowest BCUT2D eigenvalue weighted by atomic mass is 9.95. The van der Waals surface area contributed by atoms with Crippen molar-refractivity contribution in [3.8, 4) is 0 Å². The van der Waals surface area contributed by atoms with Gasteiger partial charge < -0.3 is 5.32 Å². The summed E-state index contributed by atoms with van der Waals surface area (Å²) in [5.41, 5.74) is 0. The van der Waals surface area contributed by atoms with Crippen LogP contribution >= 0.6 is 23.2 Å². The van der Waals surface area contributed by atoms with E-state index in [-0.39, 0.29) is 15.8 Å². The second-order valence-corrected chi connectivity index (χ2v) is 9.91. The van der Waals surface area contributed by atoms with E-state index in [1.165, 1.54) is 41.8 Å². The van der Waals surface area contributed by atoms with Crippen LogP contribution < -0.4 is 5.32 Å². The molecule has 6 nitrogen and oxygen atoms in total. The first kappa shape index (κ1) is 20.9. The Bertz CT molecular complexity index is 774. The zero-order valence-electron chi connectivity index (χ0n) is 15.2. The number of piperazine rings is 1. The van der Waals surface area contributed by atoms with Crippen LogP contribution in [0.2, 0.25) is 10.0 Å². The fraction of sp³-hybridized carbons (Fsp3) is 0.611. The van der Waals surface area contributed by atoms with Gasteiger partial charge in [0.25, 0.3) is 0 Å². The van der Waals surface area contributed by atoms with Crippen molar-refractivity contribution in [1.82, 2.24) is 14.5 Å². The van der Waals surface area contributed by atoms with Gasteiger partial charge in [-0.05, 0) is 31.0 Å². The average Bonchev–Trinajstić information content (AvgIpc) is 2.65. The van der Waals surface area contributed by atoms with Crippen LogP contribution in [0.5, 0.6) is 0 Å². The maximum Gasteiger partial charge on any atom is 0.243 e. The third-order valence-electron chi connectivity index (χ3n) is 5.20. The van der Waals surface area contributed by atoms with Gasteiger partial charge in [-0.25, -0.2) is 8.42 Å². The van der Waals surface area contributed by atoms with Crippen LogP contribution in [-0.4, -0.2) is 62.3 Å². The van der Waals surface area contributed by atoms with E-state index in [0.29, 0.717) is 43.8 Å². The van der Waals surface area contributed by atoms with E-state index in [2.05, 4.69) is 5.32 Å². The SMILES string of the molecule is O=C(CN1CCN(S(=O)(=O)c2ccc(Cl)c(Cl)c2)CC1)NC1CCCCC1. The highest BCUT2D eigenvalue weighted by Crippen LogP contribution is 2.27. The predicted molar refractivity (Wildman–Crippen MR) is 107 cm³/mol. The van der Waals surface area contributed by atoms with Crippen LogP contribution in [0.25, 0.3) is 0 Å². The van der Waals surface area contributed by atoms with E-state index in [4.69, 9.17) is 23.2 Å². The van der Waals surface area contributed by atoms with Gasteiger partial charge in [0, 0.05) is 32.2 Å². The molecular formula is C18H25Cl2N3O3S. The summed E-state index contributed by atoms with van der Waals surface area (Å²) in [7, 11) is -3.61. The Labute approximate surface area is 170 Å². The Morgan fingerprint density at radius 1 is 1.04 bits per heavy atom. The van der Waals surface area contributed by atoms with Gasteiger partial charge in [0.2, 0.25) is 15.9 Å². The number of carbonyl (C=O) groups is 1. The van der Waals surface area contributed by atoms with Crippen LogP contribution in [0, 0.1) is 0 Å². The molecule has 1 amide bonds. The summed E-state index contributed by atoms with van der Waals surface area (Å²) >= 11 is 11.8. The molecule has 150 valence electrons.